The highest BCUT2D eigenvalue weighted by Gasteiger charge is 2.28. The average Bonchev–Trinajstić information content (AvgIpc) is 3.35. The van der Waals surface area contributed by atoms with Crippen LogP contribution in [0.4, 0.5) is 0 Å². The lowest BCUT2D eigenvalue weighted by atomic mass is 10.2. The van der Waals surface area contributed by atoms with Crippen molar-refractivity contribution in [3.63, 3.8) is 0 Å². The van der Waals surface area contributed by atoms with Gasteiger partial charge < -0.3 is 9.88 Å². The third-order valence-corrected chi connectivity index (χ3v) is 4.90. The first-order valence-corrected chi connectivity index (χ1v) is 9.00. The Balaban J connectivity index is 1.30. The van der Waals surface area contributed by atoms with Gasteiger partial charge in [-0.05, 0) is 37.5 Å². The van der Waals surface area contributed by atoms with Gasteiger partial charge in [-0.25, -0.2) is 4.98 Å². The van der Waals surface area contributed by atoms with Crippen LogP contribution >= 0.6 is 0 Å². The van der Waals surface area contributed by atoms with Crippen LogP contribution < -0.4 is 0 Å². The van der Waals surface area contributed by atoms with E-state index in [0.717, 1.165) is 55.6 Å². The van der Waals surface area contributed by atoms with Crippen LogP contribution in [0.25, 0.3) is 11.0 Å². The van der Waals surface area contributed by atoms with Crippen LogP contribution in [0.3, 0.4) is 0 Å². The van der Waals surface area contributed by atoms with Crippen LogP contribution in [0.1, 0.15) is 31.5 Å². The number of nitrogens with zero attached hydrogens (tertiary/aromatic N) is 4. The van der Waals surface area contributed by atoms with Crippen molar-refractivity contribution in [1.82, 2.24) is 24.6 Å². The fraction of sp³-hybridized carbons (Fsp3) is 0.421. The van der Waals surface area contributed by atoms with E-state index in [-0.39, 0.29) is 11.9 Å². The zero-order valence-corrected chi connectivity index (χ0v) is 14.3. The van der Waals surface area contributed by atoms with Crippen molar-refractivity contribution in [3.05, 3.63) is 48.5 Å². The first kappa shape index (κ1) is 15.9. The number of carbonyl (C=O) groups is 1. The summed E-state index contributed by atoms with van der Waals surface area (Å²) in [4.78, 5) is 22.6. The minimum Gasteiger partial charge on any atom is -0.342 e. The Morgan fingerprint density at radius 3 is 3.04 bits per heavy atom. The molecule has 0 radical (unpaired) electrons. The summed E-state index contributed by atoms with van der Waals surface area (Å²) in [7, 11) is 0. The van der Waals surface area contributed by atoms with Gasteiger partial charge in [-0.3, -0.25) is 9.48 Å². The molecule has 1 aliphatic heterocycles. The first-order chi connectivity index (χ1) is 12.3. The molecule has 25 heavy (non-hydrogen) atoms. The van der Waals surface area contributed by atoms with E-state index in [2.05, 4.69) is 15.1 Å². The Labute approximate surface area is 146 Å². The van der Waals surface area contributed by atoms with Crippen LogP contribution in [0.2, 0.25) is 0 Å². The summed E-state index contributed by atoms with van der Waals surface area (Å²) in [6.45, 7) is 1.66. The van der Waals surface area contributed by atoms with Crippen LogP contribution in [0.15, 0.2) is 42.7 Å². The molecule has 1 amide bonds. The molecule has 1 saturated heterocycles. The second kappa shape index (κ2) is 7.09. The number of aromatic amines is 1. The zero-order valence-electron chi connectivity index (χ0n) is 14.3. The van der Waals surface area contributed by atoms with Gasteiger partial charge in [0.2, 0.25) is 5.91 Å². The lowest BCUT2D eigenvalue weighted by Gasteiger charge is -2.24. The summed E-state index contributed by atoms with van der Waals surface area (Å²) in [5.74, 6) is 1.22. The topological polar surface area (TPSA) is 66.8 Å². The molecule has 130 valence electrons. The summed E-state index contributed by atoms with van der Waals surface area (Å²) in [5, 5.41) is 4.26. The van der Waals surface area contributed by atoms with E-state index in [1.807, 2.05) is 46.1 Å². The molecule has 0 unspecified atom stereocenters. The van der Waals surface area contributed by atoms with Gasteiger partial charge in [0.25, 0.3) is 0 Å². The number of para-hydroxylation sites is 2. The van der Waals surface area contributed by atoms with E-state index < -0.39 is 0 Å². The maximum Gasteiger partial charge on any atom is 0.222 e. The molecule has 6 heteroatoms. The molecule has 1 aliphatic rings. The minimum atomic E-state index is 0.255. The molecule has 1 aromatic carbocycles. The van der Waals surface area contributed by atoms with Gasteiger partial charge in [-0.1, -0.05) is 12.1 Å². The molecule has 0 aliphatic carbocycles. The largest absolute Gasteiger partial charge is 0.342 e. The van der Waals surface area contributed by atoms with Crippen LogP contribution in [0.5, 0.6) is 0 Å². The number of H-pyrrole nitrogens is 1. The van der Waals surface area contributed by atoms with Crippen LogP contribution in [0, 0.1) is 0 Å². The van der Waals surface area contributed by atoms with Gasteiger partial charge in [0.15, 0.2) is 0 Å². The number of imidazole rings is 1. The van der Waals surface area contributed by atoms with Gasteiger partial charge in [0.1, 0.15) is 5.82 Å². The molecule has 2 aromatic heterocycles. The average molecular weight is 337 g/mol. The Morgan fingerprint density at radius 2 is 2.20 bits per heavy atom. The number of amides is 1. The third-order valence-electron chi connectivity index (χ3n) is 4.90. The van der Waals surface area contributed by atoms with Crippen LogP contribution in [-0.2, 0) is 17.8 Å². The Bertz CT molecular complexity index is 806. The number of fused-ring (bicyclic) bond motifs is 1. The fourth-order valence-corrected chi connectivity index (χ4v) is 3.65. The van der Waals surface area contributed by atoms with E-state index in [1.54, 1.807) is 6.20 Å². The Hall–Kier alpha value is -2.63. The van der Waals surface area contributed by atoms with Crippen molar-refractivity contribution in [2.45, 2.75) is 44.7 Å². The summed E-state index contributed by atoms with van der Waals surface area (Å²) < 4.78 is 1.92. The summed E-state index contributed by atoms with van der Waals surface area (Å²) in [6, 6.07) is 10.2. The maximum absolute atomic E-state index is 12.6. The smallest absolute Gasteiger partial charge is 0.222 e. The van der Waals surface area contributed by atoms with Gasteiger partial charge in [-0.2, -0.15) is 5.10 Å². The van der Waals surface area contributed by atoms with Crippen molar-refractivity contribution in [3.8, 4) is 0 Å². The van der Waals surface area contributed by atoms with Crippen LogP contribution in [-0.4, -0.2) is 43.1 Å². The van der Waals surface area contributed by atoms with Crippen molar-refractivity contribution in [2.24, 2.45) is 0 Å². The number of aryl methyl sites for hydroxylation is 1. The number of likely N-dealkylation sites (tertiary alicyclic amines) is 1. The molecule has 1 atom stereocenters. The highest BCUT2D eigenvalue weighted by atomic mass is 16.2. The third kappa shape index (κ3) is 3.57. The molecule has 1 N–H and O–H groups in total. The quantitative estimate of drug-likeness (QED) is 0.752. The highest BCUT2D eigenvalue weighted by Crippen LogP contribution is 2.20. The summed E-state index contributed by atoms with van der Waals surface area (Å²) in [5.41, 5.74) is 2.05. The molecular formula is C19H23N5O. The Morgan fingerprint density at radius 1 is 1.28 bits per heavy atom. The van der Waals surface area contributed by atoms with E-state index >= 15 is 0 Å². The number of hydrogen-bond acceptors (Lipinski definition) is 3. The second-order valence-corrected chi connectivity index (χ2v) is 6.67. The zero-order chi connectivity index (χ0) is 17.1. The number of benzene rings is 1. The molecule has 0 bridgehead atoms. The van der Waals surface area contributed by atoms with Gasteiger partial charge in [0.05, 0.1) is 23.6 Å². The normalized spacial score (nSPS) is 17.4. The van der Waals surface area contributed by atoms with Crippen molar-refractivity contribution >= 4 is 16.9 Å². The summed E-state index contributed by atoms with van der Waals surface area (Å²) in [6.07, 6.45) is 8.10. The van der Waals surface area contributed by atoms with Crippen molar-refractivity contribution in [1.29, 1.82) is 0 Å². The first-order valence-electron chi connectivity index (χ1n) is 9.00. The molecular weight excluding hydrogens is 314 g/mol. The molecule has 3 aromatic rings. The molecule has 4 rings (SSSR count). The monoisotopic (exact) mass is 337 g/mol. The lowest BCUT2D eigenvalue weighted by molar-refractivity contribution is -0.132. The number of rotatable bonds is 6. The summed E-state index contributed by atoms with van der Waals surface area (Å²) >= 11 is 0. The van der Waals surface area contributed by atoms with Crippen molar-refractivity contribution in [2.75, 3.05) is 6.54 Å². The fourth-order valence-electron chi connectivity index (χ4n) is 3.65. The van der Waals surface area contributed by atoms with Gasteiger partial charge in [-0.15, -0.1) is 0 Å². The minimum absolute atomic E-state index is 0.255. The molecule has 0 spiro atoms. The standard InChI is InChI=1S/C19H23N5O/c25-19(24-13-4-6-15(24)14-23-12-5-11-20-23)10-3-9-18-21-16-7-1-2-8-17(16)22-18/h1-2,5,7-8,11-12,15H,3-4,6,9-10,13-14H2,(H,21,22)/t15-/m0/s1. The van der Waals surface area contributed by atoms with E-state index in [1.165, 1.54) is 0 Å². The SMILES string of the molecule is O=C(CCCc1nc2ccccc2[nH]1)N1CCC[C@H]1Cn1cccn1. The predicted molar refractivity (Wildman–Crippen MR) is 96.0 cm³/mol. The molecule has 6 nitrogen and oxygen atoms in total. The Kier molecular flexibility index (Phi) is 4.50. The molecule has 1 fully saturated rings. The number of aromatic nitrogens is 4. The van der Waals surface area contributed by atoms with E-state index in [0.29, 0.717) is 6.42 Å². The number of nitrogens with one attached hydrogen (secondary N) is 1. The van der Waals surface area contributed by atoms with E-state index in [4.69, 9.17) is 0 Å². The van der Waals surface area contributed by atoms with Gasteiger partial charge >= 0.3 is 0 Å². The molecule has 3 heterocycles. The number of hydrogen-bond donors (Lipinski definition) is 1. The predicted octanol–water partition coefficient (Wildman–Crippen LogP) is 2.77. The van der Waals surface area contributed by atoms with Crippen molar-refractivity contribution < 1.29 is 4.79 Å². The van der Waals surface area contributed by atoms with Gasteiger partial charge in [0, 0.05) is 31.8 Å². The highest BCUT2D eigenvalue weighted by molar-refractivity contribution is 5.77. The maximum atomic E-state index is 12.6. The lowest BCUT2D eigenvalue weighted by Crippen LogP contribution is -2.38. The number of carbonyl (C=O) groups excluding carboxylic acids is 1. The molecule has 0 saturated carbocycles. The van der Waals surface area contributed by atoms with E-state index in [9.17, 15) is 4.79 Å². The second-order valence-electron chi connectivity index (χ2n) is 6.67.